The average Bonchev–Trinajstić information content (AvgIpc) is 0.722. The van der Waals surface area contributed by atoms with Gasteiger partial charge in [0.15, 0.2) is 0 Å². The van der Waals surface area contributed by atoms with Crippen molar-refractivity contribution in [2.24, 2.45) is 0 Å². The molecular formula is H4AlMgNaO4Si+6. The zero-order valence-electron chi connectivity index (χ0n) is 4.57. The van der Waals surface area contributed by atoms with E-state index in [0.29, 0.717) is 0 Å². The standard InChI is InChI=1S/Al.Mg.Na.H4O4Si/c;;;1-5(2,3)4/h;;;1-4H/q+3;+2;+1;. The van der Waals surface area contributed by atoms with E-state index in [9.17, 15) is 0 Å². The predicted molar refractivity (Wildman–Crippen MR) is 26.1 cm³/mol. The first-order valence-electron chi connectivity index (χ1n) is 0.894. The Balaban J connectivity index is -0.0000000267. The fourth-order valence-corrected chi connectivity index (χ4v) is 0. The van der Waals surface area contributed by atoms with Crippen molar-refractivity contribution in [2.45, 2.75) is 0 Å². The topological polar surface area (TPSA) is 80.9 Å². The Morgan fingerprint density at radius 2 is 0.875 bits per heavy atom. The maximum Gasteiger partial charge on any atom is 3.00 e. The number of hydrogen-bond donors (Lipinski definition) is 4. The first-order chi connectivity index (χ1) is 2.00. The van der Waals surface area contributed by atoms with Crippen LogP contribution in [0.15, 0.2) is 0 Å². The molecule has 0 aliphatic heterocycles. The fourth-order valence-electron chi connectivity index (χ4n) is 0. The van der Waals surface area contributed by atoms with Gasteiger partial charge in [0.25, 0.3) is 0 Å². The van der Waals surface area contributed by atoms with Crippen LogP contribution in [0.25, 0.3) is 0 Å². The van der Waals surface area contributed by atoms with E-state index in [2.05, 4.69) is 0 Å². The Hall–Kier alpha value is 2.36. The monoisotopic (exact) mass is 170 g/mol. The third-order valence-corrected chi connectivity index (χ3v) is 0. The van der Waals surface area contributed by atoms with E-state index < -0.39 is 9.05 Å². The van der Waals surface area contributed by atoms with Crippen LogP contribution in [0, 0.1) is 0 Å². The normalized spacial score (nSPS) is 7.50. The van der Waals surface area contributed by atoms with E-state index >= 15 is 0 Å². The number of hydrogen-bond acceptors (Lipinski definition) is 4. The third kappa shape index (κ3) is 81.5. The molecule has 0 unspecified atom stereocenters. The molecule has 0 amide bonds. The van der Waals surface area contributed by atoms with Gasteiger partial charge in [-0.05, 0) is 0 Å². The molecule has 0 rings (SSSR count). The molecular weight excluding hydrogens is 166 g/mol. The average molecular weight is 170 g/mol. The van der Waals surface area contributed by atoms with E-state index in [1.807, 2.05) is 0 Å². The van der Waals surface area contributed by atoms with E-state index in [-0.39, 0.29) is 70.0 Å². The molecule has 8 heavy (non-hydrogen) atoms. The molecule has 0 aromatic heterocycles. The SMILES string of the molecule is O[Si](O)(O)O.[Al+3].[Mg+2].[Na+]. The van der Waals surface area contributed by atoms with Crippen molar-refractivity contribution in [2.75, 3.05) is 0 Å². The summed E-state index contributed by atoms with van der Waals surface area (Å²) in [5, 5.41) is 0. The minimum atomic E-state index is -4.61. The Bertz CT molecular complexity index is 31.5. The second-order valence-corrected chi connectivity index (χ2v) is 1.80. The van der Waals surface area contributed by atoms with Crippen LogP contribution in [0.5, 0.6) is 0 Å². The van der Waals surface area contributed by atoms with Gasteiger partial charge in [-0.25, -0.2) is 0 Å². The predicted octanol–water partition coefficient (Wildman–Crippen LogP) is -6.37. The van der Waals surface area contributed by atoms with Gasteiger partial charge in [-0.1, -0.05) is 0 Å². The molecule has 0 atom stereocenters. The molecule has 8 heteroatoms. The summed E-state index contributed by atoms with van der Waals surface area (Å²) in [6, 6.07) is 0. The Labute approximate surface area is 97.0 Å². The summed E-state index contributed by atoms with van der Waals surface area (Å²) in [4.78, 5) is 29.3. The largest absolute Gasteiger partial charge is 3.00 e. The van der Waals surface area contributed by atoms with Gasteiger partial charge in [-0.15, -0.1) is 0 Å². The maximum absolute atomic E-state index is 7.33. The molecule has 0 aliphatic rings. The molecule has 0 saturated heterocycles. The fraction of sp³-hybridized carbons (Fsp3) is 0. The Kier molecular flexibility index (Phi) is 26.2. The summed E-state index contributed by atoms with van der Waals surface area (Å²) in [7, 11) is -4.61. The van der Waals surface area contributed by atoms with Crippen LogP contribution in [0.4, 0.5) is 0 Å². The maximum atomic E-state index is 7.33. The molecule has 0 saturated carbocycles. The molecule has 0 heterocycles. The van der Waals surface area contributed by atoms with Gasteiger partial charge in [-0.3, -0.25) is 0 Å². The summed E-state index contributed by atoms with van der Waals surface area (Å²) in [6.45, 7) is 0. The van der Waals surface area contributed by atoms with Crippen LogP contribution in [0.3, 0.4) is 0 Å². The van der Waals surface area contributed by atoms with Crippen molar-refractivity contribution in [3.63, 3.8) is 0 Å². The Morgan fingerprint density at radius 1 is 0.875 bits per heavy atom. The van der Waals surface area contributed by atoms with Gasteiger partial charge in [0, 0.05) is 0 Å². The summed E-state index contributed by atoms with van der Waals surface area (Å²) < 4.78 is 0. The molecule has 0 radical (unpaired) electrons. The zero-order chi connectivity index (χ0) is 4.50. The van der Waals surface area contributed by atoms with Crippen molar-refractivity contribution in [3.8, 4) is 0 Å². The van der Waals surface area contributed by atoms with Crippen LogP contribution in [0.2, 0.25) is 0 Å². The van der Waals surface area contributed by atoms with Crippen LogP contribution in [0.1, 0.15) is 0 Å². The van der Waals surface area contributed by atoms with Crippen molar-refractivity contribution in [3.05, 3.63) is 0 Å². The van der Waals surface area contributed by atoms with Crippen LogP contribution < -0.4 is 29.6 Å². The molecule has 0 bridgehead atoms. The minimum Gasteiger partial charge on any atom is -0.368 e. The minimum absolute atomic E-state index is 0. The second-order valence-electron chi connectivity index (χ2n) is 0.600. The second kappa shape index (κ2) is 9.36. The van der Waals surface area contributed by atoms with E-state index in [0.717, 1.165) is 0 Å². The molecule has 32 valence electrons. The molecule has 0 aliphatic carbocycles. The number of rotatable bonds is 0. The first-order valence-corrected chi connectivity index (χ1v) is 2.68. The van der Waals surface area contributed by atoms with Crippen molar-refractivity contribution in [1.82, 2.24) is 0 Å². The molecule has 4 nitrogen and oxygen atoms in total. The zero-order valence-corrected chi connectivity index (χ0v) is 10.1. The molecule has 4 N–H and O–H groups in total. The van der Waals surface area contributed by atoms with Crippen molar-refractivity contribution < 1.29 is 48.7 Å². The van der Waals surface area contributed by atoms with Gasteiger partial charge < -0.3 is 19.2 Å². The van der Waals surface area contributed by atoms with Gasteiger partial charge in [0.1, 0.15) is 0 Å². The van der Waals surface area contributed by atoms with Crippen molar-refractivity contribution in [1.29, 1.82) is 0 Å². The summed E-state index contributed by atoms with van der Waals surface area (Å²) in [6.07, 6.45) is 0. The van der Waals surface area contributed by atoms with E-state index in [4.69, 9.17) is 19.2 Å². The molecule has 0 fully saturated rings. The van der Waals surface area contributed by atoms with E-state index in [1.54, 1.807) is 0 Å². The summed E-state index contributed by atoms with van der Waals surface area (Å²) >= 11 is 0. The van der Waals surface area contributed by atoms with Gasteiger partial charge >= 0.3 is 79.0 Å². The van der Waals surface area contributed by atoms with Crippen LogP contribution >= 0.6 is 0 Å². The van der Waals surface area contributed by atoms with Gasteiger partial charge in [0.05, 0.1) is 0 Å². The molecule has 0 aromatic rings. The van der Waals surface area contributed by atoms with Gasteiger partial charge in [0.2, 0.25) is 0 Å². The van der Waals surface area contributed by atoms with Crippen molar-refractivity contribution >= 4 is 49.5 Å². The quantitative estimate of drug-likeness (QED) is 0.273. The Morgan fingerprint density at radius 3 is 0.875 bits per heavy atom. The summed E-state index contributed by atoms with van der Waals surface area (Å²) in [5.74, 6) is 0. The van der Waals surface area contributed by atoms with Gasteiger partial charge in [-0.2, -0.15) is 0 Å². The van der Waals surface area contributed by atoms with E-state index in [1.165, 1.54) is 0 Å². The molecule has 0 spiro atoms. The smallest absolute Gasteiger partial charge is 0.368 e. The van der Waals surface area contributed by atoms with Crippen LogP contribution in [-0.2, 0) is 0 Å². The summed E-state index contributed by atoms with van der Waals surface area (Å²) in [5.41, 5.74) is 0. The third-order valence-electron chi connectivity index (χ3n) is 0. The molecule has 0 aromatic carbocycles. The first kappa shape index (κ1) is 22.4. The van der Waals surface area contributed by atoms with Crippen LogP contribution in [-0.4, -0.2) is 68.6 Å².